The molecule has 2 N–H and O–H groups in total. The second-order valence-corrected chi connectivity index (χ2v) is 4.63. The van der Waals surface area contributed by atoms with Crippen LogP contribution in [0.1, 0.15) is 30.1 Å². The van der Waals surface area contributed by atoms with E-state index in [1.54, 1.807) is 6.07 Å². The molecule has 2 aliphatic rings. The van der Waals surface area contributed by atoms with Gasteiger partial charge < -0.3 is 15.2 Å². The number of hydrogen-bond donors (Lipinski definition) is 2. The van der Waals surface area contributed by atoms with Crippen LogP contribution in [0.25, 0.3) is 0 Å². The third-order valence-corrected chi connectivity index (χ3v) is 3.57. The van der Waals surface area contributed by atoms with Crippen molar-refractivity contribution < 1.29 is 9.84 Å². The molecular weight excluding hydrogens is 202 g/mol. The summed E-state index contributed by atoms with van der Waals surface area (Å²) in [6.07, 6.45) is 3.56. The van der Waals surface area contributed by atoms with E-state index in [0.717, 1.165) is 26.0 Å². The average molecular weight is 219 g/mol. The van der Waals surface area contributed by atoms with E-state index < -0.39 is 0 Å². The van der Waals surface area contributed by atoms with Crippen molar-refractivity contribution in [2.45, 2.75) is 31.4 Å². The molecule has 0 unspecified atom stereocenters. The van der Waals surface area contributed by atoms with Gasteiger partial charge in [0.1, 0.15) is 5.75 Å². The molecule has 1 heterocycles. The highest BCUT2D eigenvalue weighted by atomic mass is 16.5. The third-order valence-electron chi connectivity index (χ3n) is 3.57. The summed E-state index contributed by atoms with van der Waals surface area (Å²) in [4.78, 5) is 0. The number of nitrogens with one attached hydrogen (secondary N) is 1. The fraction of sp³-hybridized carbons (Fsp3) is 0.538. The van der Waals surface area contributed by atoms with Crippen molar-refractivity contribution in [1.82, 2.24) is 5.32 Å². The monoisotopic (exact) mass is 219 g/mol. The Labute approximate surface area is 95.4 Å². The van der Waals surface area contributed by atoms with Gasteiger partial charge in [-0.25, -0.2) is 0 Å². The van der Waals surface area contributed by atoms with Gasteiger partial charge in [0.2, 0.25) is 0 Å². The Kier molecular flexibility index (Phi) is 2.58. The smallest absolute Gasteiger partial charge is 0.115 e. The van der Waals surface area contributed by atoms with Gasteiger partial charge >= 0.3 is 0 Å². The number of rotatable bonds is 0. The van der Waals surface area contributed by atoms with Crippen molar-refractivity contribution in [2.24, 2.45) is 0 Å². The predicted octanol–water partition coefficient (Wildman–Crippen LogP) is 1.76. The average Bonchev–Trinajstić information content (AvgIpc) is 2.48. The van der Waals surface area contributed by atoms with Crippen LogP contribution in [0.4, 0.5) is 0 Å². The van der Waals surface area contributed by atoms with E-state index >= 15 is 0 Å². The summed E-state index contributed by atoms with van der Waals surface area (Å²) < 4.78 is 5.87. The van der Waals surface area contributed by atoms with Gasteiger partial charge in [-0.05, 0) is 42.5 Å². The van der Waals surface area contributed by atoms with Gasteiger partial charge in [0, 0.05) is 12.6 Å². The molecule has 0 spiro atoms. The van der Waals surface area contributed by atoms with Crippen molar-refractivity contribution in [2.75, 3.05) is 13.2 Å². The first kappa shape index (κ1) is 10.1. The van der Waals surface area contributed by atoms with Crippen molar-refractivity contribution in [1.29, 1.82) is 0 Å². The first-order chi connectivity index (χ1) is 7.84. The summed E-state index contributed by atoms with van der Waals surface area (Å²) in [5, 5.41) is 13.1. The lowest BCUT2D eigenvalue weighted by molar-refractivity contribution is -0.00654. The van der Waals surface area contributed by atoms with Gasteiger partial charge in [-0.2, -0.15) is 0 Å². The molecule has 0 radical (unpaired) electrons. The number of aryl methyl sites for hydroxylation is 1. The van der Waals surface area contributed by atoms with Crippen LogP contribution in [-0.4, -0.2) is 24.3 Å². The number of benzene rings is 1. The maximum absolute atomic E-state index is 9.59. The molecule has 1 fully saturated rings. The lowest BCUT2D eigenvalue weighted by atomic mass is 9.97. The molecule has 86 valence electrons. The van der Waals surface area contributed by atoms with E-state index in [4.69, 9.17) is 4.74 Å². The zero-order valence-electron chi connectivity index (χ0n) is 9.28. The summed E-state index contributed by atoms with van der Waals surface area (Å²) in [5.74, 6) is 0.341. The molecule has 3 rings (SSSR count). The van der Waals surface area contributed by atoms with Crippen molar-refractivity contribution >= 4 is 0 Å². The molecule has 3 nitrogen and oxygen atoms in total. The fourth-order valence-electron chi connectivity index (χ4n) is 2.80. The Balaban J connectivity index is 2.02. The molecule has 1 saturated heterocycles. The van der Waals surface area contributed by atoms with E-state index in [0.29, 0.717) is 11.8 Å². The highest BCUT2D eigenvalue weighted by Crippen LogP contribution is 2.34. The van der Waals surface area contributed by atoms with Crippen LogP contribution in [-0.2, 0) is 11.2 Å². The Morgan fingerprint density at radius 2 is 2.31 bits per heavy atom. The molecule has 16 heavy (non-hydrogen) atoms. The van der Waals surface area contributed by atoms with Gasteiger partial charge in [-0.1, -0.05) is 6.07 Å². The largest absolute Gasteiger partial charge is 0.508 e. The topological polar surface area (TPSA) is 41.5 Å². The summed E-state index contributed by atoms with van der Waals surface area (Å²) in [6, 6.07) is 6.09. The molecule has 1 aliphatic carbocycles. The van der Waals surface area contributed by atoms with E-state index in [-0.39, 0.29) is 6.10 Å². The molecular formula is C13H17NO2. The van der Waals surface area contributed by atoms with E-state index in [9.17, 15) is 5.11 Å². The first-order valence-electron chi connectivity index (χ1n) is 6.01. The lowest BCUT2D eigenvalue weighted by Gasteiger charge is -2.32. The number of hydrogen-bond acceptors (Lipinski definition) is 3. The fourth-order valence-corrected chi connectivity index (χ4v) is 2.80. The van der Waals surface area contributed by atoms with Crippen LogP contribution in [0.2, 0.25) is 0 Å². The Hall–Kier alpha value is -1.06. The van der Waals surface area contributed by atoms with E-state index in [1.165, 1.54) is 17.5 Å². The number of phenols is 1. The maximum atomic E-state index is 9.59. The van der Waals surface area contributed by atoms with Gasteiger partial charge in [0.05, 0.1) is 12.7 Å². The predicted molar refractivity (Wildman–Crippen MR) is 61.5 cm³/mol. The van der Waals surface area contributed by atoms with Crippen molar-refractivity contribution in [3.05, 3.63) is 29.3 Å². The summed E-state index contributed by atoms with van der Waals surface area (Å²) in [7, 11) is 0. The number of morpholine rings is 1. The second-order valence-electron chi connectivity index (χ2n) is 4.63. The first-order valence-corrected chi connectivity index (χ1v) is 6.01. The second kappa shape index (κ2) is 4.07. The van der Waals surface area contributed by atoms with Crippen LogP contribution >= 0.6 is 0 Å². The molecule has 1 aliphatic heterocycles. The Bertz CT molecular complexity index is 392. The van der Waals surface area contributed by atoms with Gasteiger partial charge in [-0.3, -0.25) is 0 Å². The summed E-state index contributed by atoms with van der Waals surface area (Å²) in [5.41, 5.74) is 2.50. The quantitative estimate of drug-likeness (QED) is 0.698. The maximum Gasteiger partial charge on any atom is 0.115 e. The number of fused-ring (bicyclic) bond motifs is 3. The van der Waals surface area contributed by atoms with Crippen LogP contribution in [0.15, 0.2) is 18.2 Å². The minimum Gasteiger partial charge on any atom is -0.508 e. The molecule has 0 amide bonds. The van der Waals surface area contributed by atoms with Crippen LogP contribution in [0.3, 0.4) is 0 Å². The Morgan fingerprint density at radius 1 is 1.38 bits per heavy atom. The summed E-state index contributed by atoms with van der Waals surface area (Å²) >= 11 is 0. The molecule has 0 bridgehead atoms. The minimum absolute atomic E-state index is 0.123. The number of phenolic OH excluding ortho intramolecular Hbond substituents is 1. The molecule has 1 aromatic carbocycles. The van der Waals surface area contributed by atoms with Gasteiger partial charge in [-0.15, -0.1) is 0 Å². The van der Waals surface area contributed by atoms with Gasteiger partial charge in [0.15, 0.2) is 0 Å². The molecule has 1 aromatic rings. The molecule has 0 aromatic heterocycles. The number of aromatic hydroxyl groups is 1. The zero-order chi connectivity index (χ0) is 11.0. The third kappa shape index (κ3) is 1.70. The normalized spacial score (nSPS) is 29.0. The molecule has 2 atom stereocenters. The minimum atomic E-state index is 0.123. The van der Waals surface area contributed by atoms with Crippen LogP contribution < -0.4 is 5.32 Å². The van der Waals surface area contributed by atoms with Crippen LogP contribution in [0, 0.1) is 0 Å². The molecule has 0 saturated carbocycles. The van der Waals surface area contributed by atoms with Gasteiger partial charge in [0.25, 0.3) is 0 Å². The molecule has 3 heteroatoms. The standard InChI is InChI=1S/C13H17NO2/c15-10-5-4-9-2-1-3-12-13(11(9)8-10)16-7-6-14-12/h4-5,8,12-15H,1-3,6-7H2/t12-,13-/m1/s1. The van der Waals surface area contributed by atoms with Crippen molar-refractivity contribution in [3.8, 4) is 5.75 Å². The van der Waals surface area contributed by atoms with Crippen molar-refractivity contribution in [3.63, 3.8) is 0 Å². The highest BCUT2D eigenvalue weighted by molar-refractivity contribution is 5.38. The lowest BCUT2D eigenvalue weighted by Crippen LogP contribution is -2.43. The van der Waals surface area contributed by atoms with E-state index in [2.05, 4.69) is 5.32 Å². The van der Waals surface area contributed by atoms with Crippen LogP contribution in [0.5, 0.6) is 5.75 Å². The van der Waals surface area contributed by atoms with E-state index in [1.807, 2.05) is 12.1 Å². The summed E-state index contributed by atoms with van der Waals surface area (Å²) in [6.45, 7) is 1.70. The Morgan fingerprint density at radius 3 is 3.25 bits per heavy atom. The zero-order valence-corrected chi connectivity index (χ0v) is 9.28. The SMILES string of the molecule is Oc1ccc2c(c1)[C@H]1OCCN[C@@H]1CCC2. The highest BCUT2D eigenvalue weighted by Gasteiger charge is 2.30. The number of ether oxygens (including phenoxy) is 1.